The number of nitrogens with two attached hydrogens (primary N) is 1. The molecule has 1 saturated heterocycles. The molecule has 0 aromatic heterocycles. The summed E-state index contributed by atoms with van der Waals surface area (Å²) in [6, 6.07) is -0.577. The summed E-state index contributed by atoms with van der Waals surface area (Å²) in [5.41, 5.74) is 5.59. The van der Waals surface area contributed by atoms with Gasteiger partial charge in [-0.25, -0.2) is 4.72 Å². The third kappa shape index (κ3) is 4.51. The zero-order valence-corrected chi connectivity index (χ0v) is 11.3. The predicted molar refractivity (Wildman–Crippen MR) is 66.5 cm³/mol. The summed E-state index contributed by atoms with van der Waals surface area (Å²) in [7, 11) is -3.45. The van der Waals surface area contributed by atoms with Crippen molar-refractivity contribution in [1.29, 1.82) is 0 Å². The van der Waals surface area contributed by atoms with E-state index in [9.17, 15) is 13.5 Å². The van der Waals surface area contributed by atoms with Gasteiger partial charge in [-0.05, 0) is 25.7 Å². The van der Waals surface area contributed by atoms with Crippen molar-refractivity contribution in [2.24, 2.45) is 11.7 Å². The zero-order chi connectivity index (χ0) is 13.1. The first kappa shape index (κ1) is 14.8. The minimum atomic E-state index is -3.45. The topological polar surface area (TPSA) is 95.7 Å². The van der Waals surface area contributed by atoms with Crippen LogP contribution >= 0.6 is 0 Å². The highest BCUT2D eigenvalue weighted by Gasteiger charge is 2.27. The van der Waals surface area contributed by atoms with E-state index in [1.807, 2.05) is 6.92 Å². The van der Waals surface area contributed by atoms with E-state index < -0.39 is 22.4 Å². The van der Waals surface area contributed by atoms with Gasteiger partial charge in [-0.15, -0.1) is 0 Å². The minimum Gasteiger partial charge on any atom is -0.392 e. The Morgan fingerprint density at radius 1 is 1.59 bits per heavy atom. The molecule has 1 rings (SSSR count). The molecule has 1 fully saturated rings. The molecule has 3 unspecified atom stereocenters. The summed E-state index contributed by atoms with van der Waals surface area (Å²) in [5.74, 6) is 0.394. The Morgan fingerprint density at radius 3 is 2.76 bits per heavy atom. The largest absolute Gasteiger partial charge is 0.392 e. The fraction of sp³-hybridized carbons (Fsp3) is 1.00. The van der Waals surface area contributed by atoms with E-state index in [0.717, 1.165) is 12.8 Å². The van der Waals surface area contributed by atoms with Crippen LogP contribution in [0.25, 0.3) is 0 Å². The Bertz CT molecular complexity index is 332. The van der Waals surface area contributed by atoms with Crippen LogP contribution < -0.4 is 10.5 Å². The molecule has 4 N–H and O–H groups in total. The Balaban J connectivity index is 2.50. The number of nitrogens with one attached hydrogen (secondary N) is 1. The van der Waals surface area contributed by atoms with Crippen LogP contribution in [0, 0.1) is 5.92 Å². The van der Waals surface area contributed by atoms with E-state index in [1.165, 1.54) is 4.31 Å². The Hall–Kier alpha value is -0.210. The number of piperidine rings is 1. The third-order valence-corrected chi connectivity index (χ3v) is 4.62. The first-order valence-electron chi connectivity index (χ1n) is 6.01. The van der Waals surface area contributed by atoms with Crippen LogP contribution in [-0.4, -0.2) is 49.6 Å². The second-order valence-electron chi connectivity index (χ2n) is 4.86. The number of hydrogen-bond donors (Lipinski definition) is 3. The summed E-state index contributed by atoms with van der Waals surface area (Å²) in [6.45, 7) is 4.76. The summed E-state index contributed by atoms with van der Waals surface area (Å²) < 4.78 is 27.8. The van der Waals surface area contributed by atoms with Crippen LogP contribution in [0.5, 0.6) is 0 Å². The molecule has 0 amide bonds. The first-order chi connectivity index (χ1) is 7.83. The number of rotatable bonds is 5. The minimum absolute atomic E-state index is 0.0604. The smallest absolute Gasteiger partial charge is 0.279 e. The zero-order valence-electron chi connectivity index (χ0n) is 10.5. The SMILES string of the molecule is CC1CCCN(S(=O)(=O)NCC(N)C(C)O)C1. The van der Waals surface area contributed by atoms with Crippen molar-refractivity contribution in [3.63, 3.8) is 0 Å². The molecule has 0 aliphatic carbocycles. The van der Waals surface area contributed by atoms with Crippen LogP contribution in [0.15, 0.2) is 0 Å². The molecule has 0 aromatic rings. The van der Waals surface area contributed by atoms with Gasteiger partial charge in [-0.1, -0.05) is 6.92 Å². The van der Waals surface area contributed by atoms with Gasteiger partial charge in [-0.2, -0.15) is 12.7 Å². The normalized spacial score (nSPS) is 26.7. The third-order valence-electron chi connectivity index (χ3n) is 3.08. The number of nitrogens with zero attached hydrogens (tertiary/aromatic N) is 1. The van der Waals surface area contributed by atoms with Gasteiger partial charge in [-0.3, -0.25) is 0 Å². The summed E-state index contributed by atoms with van der Waals surface area (Å²) >= 11 is 0. The fourth-order valence-electron chi connectivity index (χ4n) is 1.83. The number of hydrogen-bond acceptors (Lipinski definition) is 4. The molecular weight excluding hydrogens is 242 g/mol. The molecule has 3 atom stereocenters. The average Bonchev–Trinajstić information content (AvgIpc) is 2.26. The molecule has 17 heavy (non-hydrogen) atoms. The van der Waals surface area contributed by atoms with Gasteiger partial charge in [0.15, 0.2) is 0 Å². The van der Waals surface area contributed by atoms with Crippen LogP contribution in [-0.2, 0) is 10.2 Å². The van der Waals surface area contributed by atoms with Gasteiger partial charge in [0.1, 0.15) is 0 Å². The lowest BCUT2D eigenvalue weighted by atomic mass is 10.0. The van der Waals surface area contributed by atoms with Gasteiger partial charge in [0.25, 0.3) is 10.2 Å². The molecule has 0 aromatic carbocycles. The molecular formula is C10H23N3O3S. The maximum atomic E-state index is 11.9. The van der Waals surface area contributed by atoms with Crippen LogP contribution in [0.3, 0.4) is 0 Å². The summed E-state index contributed by atoms with van der Waals surface area (Å²) in [5, 5.41) is 9.20. The van der Waals surface area contributed by atoms with Crippen LogP contribution in [0.4, 0.5) is 0 Å². The highest BCUT2D eigenvalue weighted by atomic mass is 32.2. The van der Waals surface area contributed by atoms with Crippen molar-refractivity contribution < 1.29 is 13.5 Å². The van der Waals surface area contributed by atoms with Gasteiger partial charge < -0.3 is 10.8 Å². The second-order valence-corrected chi connectivity index (χ2v) is 6.62. The van der Waals surface area contributed by atoms with Gasteiger partial charge in [0.05, 0.1) is 6.10 Å². The van der Waals surface area contributed by atoms with Gasteiger partial charge in [0, 0.05) is 25.7 Å². The first-order valence-corrected chi connectivity index (χ1v) is 7.45. The fourth-order valence-corrected chi connectivity index (χ4v) is 3.23. The molecule has 7 heteroatoms. The van der Waals surface area contributed by atoms with Gasteiger partial charge in [0.2, 0.25) is 0 Å². The van der Waals surface area contributed by atoms with E-state index in [2.05, 4.69) is 4.72 Å². The van der Waals surface area contributed by atoms with E-state index in [-0.39, 0.29) is 6.54 Å². The lowest BCUT2D eigenvalue weighted by molar-refractivity contribution is 0.164. The lowest BCUT2D eigenvalue weighted by Crippen LogP contribution is -2.50. The highest BCUT2D eigenvalue weighted by molar-refractivity contribution is 7.87. The van der Waals surface area contributed by atoms with E-state index in [4.69, 9.17) is 5.73 Å². The van der Waals surface area contributed by atoms with Gasteiger partial charge >= 0.3 is 0 Å². The molecule has 6 nitrogen and oxygen atoms in total. The quantitative estimate of drug-likeness (QED) is 0.610. The monoisotopic (exact) mass is 265 g/mol. The maximum absolute atomic E-state index is 11.9. The summed E-state index contributed by atoms with van der Waals surface area (Å²) in [4.78, 5) is 0. The lowest BCUT2D eigenvalue weighted by Gasteiger charge is -2.30. The second kappa shape index (κ2) is 6.10. The number of aliphatic hydroxyl groups is 1. The molecule has 0 spiro atoms. The molecule has 0 bridgehead atoms. The van der Waals surface area contributed by atoms with Crippen molar-refractivity contribution in [1.82, 2.24) is 9.03 Å². The van der Waals surface area contributed by atoms with Crippen molar-refractivity contribution in [3.05, 3.63) is 0 Å². The Morgan fingerprint density at radius 2 is 2.24 bits per heavy atom. The van der Waals surface area contributed by atoms with E-state index >= 15 is 0 Å². The van der Waals surface area contributed by atoms with Crippen molar-refractivity contribution in [2.75, 3.05) is 19.6 Å². The molecule has 1 aliphatic rings. The molecule has 102 valence electrons. The van der Waals surface area contributed by atoms with Crippen molar-refractivity contribution >= 4 is 10.2 Å². The molecule has 1 aliphatic heterocycles. The average molecular weight is 265 g/mol. The van der Waals surface area contributed by atoms with Crippen molar-refractivity contribution in [3.8, 4) is 0 Å². The maximum Gasteiger partial charge on any atom is 0.279 e. The van der Waals surface area contributed by atoms with E-state index in [1.54, 1.807) is 6.92 Å². The van der Waals surface area contributed by atoms with Crippen LogP contribution in [0.2, 0.25) is 0 Å². The molecule has 1 heterocycles. The molecule has 0 radical (unpaired) electrons. The molecule has 0 saturated carbocycles. The predicted octanol–water partition coefficient (Wildman–Crippen LogP) is -0.739. The van der Waals surface area contributed by atoms with E-state index in [0.29, 0.717) is 19.0 Å². The summed E-state index contributed by atoms with van der Waals surface area (Å²) in [6.07, 6.45) is 1.24. The number of aliphatic hydroxyl groups excluding tert-OH is 1. The standard InChI is InChI=1S/C10H23N3O3S/c1-8-4-3-5-13(7-8)17(15,16)12-6-10(11)9(2)14/h8-10,12,14H,3-7,11H2,1-2H3. The van der Waals surface area contributed by atoms with Crippen LogP contribution in [0.1, 0.15) is 26.7 Å². The Kier molecular flexibility index (Phi) is 5.33. The van der Waals surface area contributed by atoms with Crippen molar-refractivity contribution in [2.45, 2.75) is 38.8 Å². The Labute approximate surface area is 103 Å². The highest BCUT2D eigenvalue weighted by Crippen LogP contribution is 2.17.